The van der Waals surface area contributed by atoms with Crippen LogP contribution in [0.25, 0.3) is 5.69 Å². The molecule has 1 fully saturated rings. The number of aryl methyl sites for hydroxylation is 2. The van der Waals surface area contributed by atoms with Crippen LogP contribution < -0.4 is 5.32 Å². The summed E-state index contributed by atoms with van der Waals surface area (Å²) in [5.41, 5.74) is 5.78. The molecule has 0 amide bonds. The first-order valence-electron chi connectivity index (χ1n) is 9.94. The average Bonchev–Trinajstić information content (AvgIpc) is 3.33. The van der Waals surface area contributed by atoms with Gasteiger partial charge in [-0.25, -0.2) is 0 Å². The Morgan fingerprint density at radius 2 is 1.97 bits per heavy atom. The monoisotopic (exact) mass is 406 g/mol. The van der Waals surface area contributed by atoms with Gasteiger partial charge in [-0.05, 0) is 80.0 Å². The minimum Gasteiger partial charge on any atom is -0.396 e. The van der Waals surface area contributed by atoms with E-state index in [0.29, 0.717) is 18.1 Å². The normalized spacial score (nSPS) is 18.9. The molecule has 2 N–H and O–H groups in total. The van der Waals surface area contributed by atoms with Crippen LogP contribution in [0.15, 0.2) is 60.9 Å². The van der Waals surface area contributed by atoms with Crippen LogP contribution in [0.4, 0.5) is 0 Å². The summed E-state index contributed by atoms with van der Waals surface area (Å²) in [5.74, 6) is 0. The van der Waals surface area contributed by atoms with Gasteiger partial charge in [-0.15, -0.1) is 0 Å². The number of aliphatic hydroxyl groups is 1. The molecule has 2 aromatic heterocycles. The van der Waals surface area contributed by atoms with Gasteiger partial charge in [0, 0.05) is 36.9 Å². The molecule has 150 valence electrons. The van der Waals surface area contributed by atoms with Crippen molar-refractivity contribution in [3.63, 3.8) is 0 Å². The zero-order valence-electron chi connectivity index (χ0n) is 16.7. The van der Waals surface area contributed by atoms with Crippen LogP contribution in [-0.2, 0) is 0 Å². The summed E-state index contributed by atoms with van der Waals surface area (Å²) in [7, 11) is 0. The Kier molecular flexibility index (Phi) is 5.65. The molecule has 0 unspecified atom stereocenters. The zero-order valence-corrected chi connectivity index (χ0v) is 17.6. The maximum absolute atomic E-state index is 9.39. The number of rotatable bonds is 6. The lowest BCUT2D eigenvalue weighted by Crippen LogP contribution is -2.31. The number of nitrogens with zero attached hydrogens (tertiary/aromatic N) is 3. The van der Waals surface area contributed by atoms with Crippen LogP contribution in [0.2, 0.25) is 0 Å². The SMILES string of the molecule is Cc1ccc(-n2cccc2[C@H]2[C@H](c3ccccn3)NC(=S)N2CCCO)cc1C. The average molecular weight is 407 g/mol. The lowest BCUT2D eigenvalue weighted by atomic mass is 10.0. The summed E-state index contributed by atoms with van der Waals surface area (Å²) in [4.78, 5) is 6.77. The fourth-order valence-electron chi connectivity index (χ4n) is 3.95. The summed E-state index contributed by atoms with van der Waals surface area (Å²) >= 11 is 5.68. The Labute approximate surface area is 177 Å². The summed E-state index contributed by atoms with van der Waals surface area (Å²) in [6, 6.07) is 16.6. The number of hydrogen-bond donors (Lipinski definition) is 2. The van der Waals surface area contributed by atoms with Crippen molar-refractivity contribution in [2.24, 2.45) is 0 Å². The van der Waals surface area contributed by atoms with Crippen molar-refractivity contribution in [2.45, 2.75) is 32.4 Å². The summed E-state index contributed by atoms with van der Waals surface area (Å²) in [6.07, 6.45) is 4.58. The van der Waals surface area contributed by atoms with Gasteiger partial charge in [-0.2, -0.15) is 0 Å². The van der Waals surface area contributed by atoms with E-state index in [1.54, 1.807) is 0 Å². The van der Waals surface area contributed by atoms with Gasteiger partial charge in [0.25, 0.3) is 0 Å². The molecule has 0 spiro atoms. The number of benzene rings is 1. The highest BCUT2D eigenvalue weighted by Crippen LogP contribution is 2.39. The van der Waals surface area contributed by atoms with E-state index in [1.165, 1.54) is 11.1 Å². The van der Waals surface area contributed by atoms with Crippen molar-refractivity contribution < 1.29 is 5.11 Å². The fourth-order valence-corrected chi connectivity index (χ4v) is 4.29. The van der Waals surface area contributed by atoms with E-state index in [0.717, 1.165) is 17.1 Å². The molecular weight excluding hydrogens is 380 g/mol. The second-order valence-corrected chi connectivity index (χ2v) is 7.86. The first-order chi connectivity index (χ1) is 14.1. The van der Waals surface area contributed by atoms with Crippen LogP contribution in [-0.4, -0.2) is 37.8 Å². The fraction of sp³-hybridized carbons (Fsp3) is 0.304. The van der Waals surface area contributed by atoms with Crippen LogP contribution in [0.1, 0.15) is 41.0 Å². The molecule has 3 aromatic rings. The Bertz CT molecular complexity index is 1000. The quantitative estimate of drug-likeness (QED) is 0.609. The van der Waals surface area contributed by atoms with Crippen LogP contribution in [0.5, 0.6) is 0 Å². The summed E-state index contributed by atoms with van der Waals surface area (Å²) < 4.78 is 2.23. The standard InChI is InChI=1S/C23H26N4OS/c1-16-9-10-18(15-17(16)2)26-12-5-8-20(26)22-21(19-7-3-4-11-24-19)25-23(29)27(22)13-6-14-28/h3-5,7-12,15,21-22,28H,6,13-14H2,1-2H3,(H,25,29)/t21-,22-/m0/s1. The smallest absolute Gasteiger partial charge is 0.170 e. The molecule has 1 aromatic carbocycles. The molecule has 0 saturated carbocycles. The maximum Gasteiger partial charge on any atom is 0.170 e. The van der Waals surface area contributed by atoms with Gasteiger partial charge in [0.1, 0.15) is 0 Å². The lowest BCUT2D eigenvalue weighted by molar-refractivity contribution is 0.245. The predicted molar refractivity (Wildman–Crippen MR) is 119 cm³/mol. The van der Waals surface area contributed by atoms with Crippen LogP contribution >= 0.6 is 12.2 Å². The Morgan fingerprint density at radius 3 is 2.69 bits per heavy atom. The predicted octanol–water partition coefficient (Wildman–Crippen LogP) is 3.84. The second-order valence-electron chi connectivity index (χ2n) is 7.47. The Hall–Kier alpha value is -2.70. The molecule has 29 heavy (non-hydrogen) atoms. The van der Waals surface area contributed by atoms with E-state index in [-0.39, 0.29) is 18.7 Å². The van der Waals surface area contributed by atoms with Gasteiger partial charge in [0.05, 0.1) is 17.8 Å². The maximum atomic E-state index is 9.39. The number of aromatic nitrogens is 2. The van der Waals surface area contributed by atoms with Gasteiger partial charge < -0.3 is 19.9 Å². The summed E-state index contributed by atoms with van der Waals surface area (Å²) in [6.45, 7) is 5.09. The topological polar surface area (TPSA) is 53.3 Å². The Morgan fingerprint density at radius 1 is 1.10 bits per heavy atom. The Balaban J connectivity index is 1.79. The number of hydrogen-bond acceptors (Lipinski definition) is 3. The largest absolute Gasteiger partial charge is 0.396 e. The van der Waals surface area contributed by atoms with E-state index in [2.05, 4.69) is 70.1 Å². The van der Waals surface area contributed by atoms with Crippen molar-refractivity contribution in [3.8, 4) is 5.69 Å². The van der Waals surface area contributed by atoms with Gasteiger partial charge in [-0.3, -0.25) is 4.98 Å². The van der Waals surface area contributed by atoms with E-state index in [4.69, 9.17) is 12.2 Å². The first kappa shape index (κ1) is 19.6. The molecule has 0 aliphatic carbocycles. The molecule has 2 atom stereocenters. The third kappa shape index (κ3) is 3.78. The number of nitrogens with one attached hydrogen (secondary N) is 1. The van der Waals surface area contributed by atoms with Gasteiger partial charge >= 0.3 is 0 Å². The molecule has 0 bridgehead atoms. The number of thiocarbonyl (C=S) groups is 1. The lowest BCUT2D eigenvalue weighted by Gasteiger charge is -2.29. The van der Waals surface area contributed by atoms with Crippen LogP contribution in [0.3, 0.4) is 0 Å². The van der Waals surface area contributed by atoms with Crippen molar-refractivity contribution in [3.05, 3.63) is 83.4 Å². The van der Waals surface area contributed by atoms with E-state index < -0.39 is 0 Å². The van der Waals surface area contributed by atoms with Gasteiger partial charge in [-0.1, -0.05) is 12.1 Å². The number of pyridine rings is 1. The molecule has 1 saturated heterocycles. The highest BCUT2D eigenvalue weighted by molar-refractivity contribution is 7.80. The molecular formula is C23H26N4OS. The van der Waals surface area contributed by atoms with E-state index in [1.807, 2.05) is 24.4 Å². The third-order valence-electron chi connectivity index (χ3n) is 5.61. The van der Waals surface area contributed by atoms with Crippen molar-refractivity contribution in [1.82, 2.24) is 19.8 Å². The minimum atomic E-state index is -0.0532. The molecule has 3 heterocycles. The highest BCUT2D eigenvalue weighted by atomic mass is 32.1. The molecule has 1 aliphatic heterocycles. The van der Waals surface area contributed by atoms with Crippen LogP contribution in [0, 0.1) is 13.8 Å². The number of aliphatic hydroxyl groups excluding tert-OH is 1. The highest BCUT2D eigenvalue weighted by Gasteiger charge is 2.40. The summed E-state index contributed by atoms with van der Waals surface area (Å²) in [5, 5.41) is 13.6. The third-order valence-corrected chi connectivity index (χ3v) is 5.96. The molecule has 0 radical (unpaired) electrons. The van der Waals surface area contributed by atoms with Gasteiger partial charge in [0.15, 0.2) is 5.11 Å². The zero-order chi connectivity index (χ0) is 20.4. The van der Waals surface area contributed by atoms with Crippen molar-refractivity contribution in [2.75, 3.05) is 13.2 Å². The van der Waals surface area contributed by atoms with Crippen molar-refractivity contribution in [1.29, 1.82) is 0 Å². The second kappa shape index (κ2) is 8.35. The van der Waals surface area contributed by atoms with E-state index in [9.17, 15) is 5.11 Å². The minimum absolute atomic E-state index is 0.0134. The molecule has 5 nitrogen and oxygen atoms in total. The van der Waals surface area contributed by atoms with E-state index >= 15 is 0 Å². The molecule has 6 heteroatoms. The van der Waals surface area contributed by atoms with Crippen molar-refractivity contribution >= 4 is 17.3 Å². The first-order valence-corrected chi connectivity index (χ1v) is 10.3. The molecule has 4 rings (SSSR count). The van der Waals surface area contributed by atoms with Gasteiger partial charge in [0.2, 0.25) is 0 Å². The molecule has 1 aliphatic rings.